The number of nitrogens with zero attached hydrogens (tertiary/aromatic N) is 1. The molecule has 0 atom stereocenters. The summed E-state index contributed by atoms with van der Waals surface area (Å²) in [7, 11) is 1.51. The Morgan fingerprint density at radius 1 is 0.944 bits per heavy atom. The fourth-order valence-electron chi connectivity index (χ4n) is 4.08. The molecule has 4 aromatic carbocycles. The fraction of sp³-hybridized carbons (Fsp3) is 0.0714. The average Bonchev–Trinajstić information content (AvgIpc) is 3.15. The van der Waals surface area contributed by atoms with Crippen molar-refractivity contribution in [2.45, 2.75) is 6.61 Å². The molecule has 8 heteroatoms. The van der Waals surface area contributed by atoms with Gasteiger partial charge in [-0.15, -0.1) is 0 Å². The first-order valence-corrected chi connectivity index (χ1v) is 11.8. The molecule has 180 valence electrons. The predicted octanol–water partition coefficient (Wildman–Crippen LogP) is 6.83. The normalized spacial score (nSPS) is 14.4. The molecule has 0 aromatic heterocycles. The largest absolute Gasteiger partial charge is 0.493 e. The van der Waals surface area contributed by atoms with E-state index >= 15 is 0 Å². The van der Waals surface area contributed by atoms with Gasteiger partial charge < -0.3 is 14.8 Å². The highest BCUT2D eigenvalue weighted by Crippen LogP contribution is 2.38. The van der Waals surface area contributed by atoms with Crippen LogP contribution in [-0.2, 0) is 11.4 Å². The Morgan fingerprint density at radius 2 is 1.72 bits per heavy atom. The van der Waals surface area contributed by atoms with Gasteiger partial charge in [0.1, 0.15) is 12.3 Å². The van der Waals surface area contributed by atoms with E-state index in [4.69, 9.17) is 32.7 Å². The number of fused-ring (bicyclic) bond motifs is 1. The van der Waals surface area contributed by atoms with Crippen LogP contribution in [-0.4, -0.2) is 19.0 Å². The zero-order valence-corrected chi connectivity index (χ0v) is 20.6. The summed E-state index contributed by atoms with van der Waals surface area (Å²) in [4.78, 5) is 26.5. The van der Waals surface area contributed by atoms with Gasteiger partial charge in [0.25, 0.3) is 5.91 Å². The second-order valence-electron chi connectivity index (χ2n) is 8.07. The van der Waals surface area contributed by atoms with Crippen LogP contribution >= 0.6 is 23.2 Å². The van der Waals surface area contributed by atoms with E-state index in [0.29, 0.717) is 39.4 Å². The number of nitrogens with one attached hydrogen (secondary N) is 1. The molecule has 1 aliphatic rings. The van der Waals surface area contributed by atoms with Gasteiger partial charge in [-0.1, -0.05) is 71.7 Å². The quantitative estimate of drug-likeness (QED) is 0.224. The lowest BCUT2D eigenvalue weighted by Gasteiger charge is -2.14. The van der Waals surface area contributed by atoms with E-state index in [1.54, 1.807) is 36.4 Å². The number of ether oxygens (including phenoxy) is 2. The monoisotopic (exact) mass is 518 g/mol. The number of benzene rings is 4. The number of anilines is 1. The van der Waals surface area contributed by atoms with Crippen LogP contribution in [0, 0.1) is 0 Å². The maximum Gasteiger partial charge on any atom is 0.333 e. The van der Waals surface area contributed by atoms with Crippen molar-refractivity contribution in [1.29, 1.82) is 0 Å². The summed E-state index contributed by atoms with van der Waals surface area (Å²) in [6, 6.07) is 23.4. The average molecular weight is 519 g/mol. The number of methoxy groups -OCH3 is 1. The summed E-state index contributed by atoms with van der Waals surface area (Å²) in [6.45, 7) is 0.293. The van der Waals surface area contributed by atoms with Gasteiger partial charge in [0.2, 0.25) is 0 Å². The Balaban J connectivity index is 1.41. The topological polar surface area (TPSA) is 67.9 Å². The lowest BCUT2D eigenvalue weighted by Crippen LogP contribution is -2.30. The molecule has 0 aliphatic carbocycles. The van der Waals surface area contributed by atoms with E-state index < -0.39 is 11.9 Å². The van der Waals surface area contributed by atoms with Crippen molar-refractivity contribution in [3.63, 3.8) is 0 Å². The minimum atomic E-state index is -0.568. The van der Waals surface area contributed by atoms with Gasteiger partial charge in [0, 0.05) is 5.02 Å². The van der Waals surface area contributed by atoms with E-state index in [-0.39, 0.29) is 5.70 Å². The molecule has 1 heterocycles. The second kappa shape index (κ2) is 9.93. The second-order valence-corrected chi connectivity index (χ2v) is 8.91. The molecule has 0 spiro atoms. The molecule has 1 fully saturated rings. The summed E-state index contributed by atoms with van der Waals surface area (Å²) < 4.78 is 11.6. The van der Waals surface area contributed by atoms with Gasteiger partial charge in [-0.2, -0.15) is 0 Å². The third kappa shape index (κ3) is 4.61. The number of hydrogen-bond acceptors (Lipinski definition) is 4. The number of amides is 3. The Labute approximate surface area is 217 Å². The van der Waals surface area contributed by atoms with Gasteiger partial charge in [-0.3, -0.25) is 4.79 Å². The number of hydrogen-bond donors (Lipinski definition) is 1. The lowest BCUT2D eigenvalue weighted by molar-refractivity contribution is -0.113. The van der Waals surface area contributed by atoms with Crippen molar-refractivity contribution in [2.24, 2.45) is 0 Å². The number of carbonyl (C=O) groups excluding carboxylic acids is 2. The van der Waals surface area contributed by atoms with Crippen LogP contribution in [0.2, 0.25) is 10.0 Å². The lowest BCUT2D eigenvalue weighted by atomic mass is 10.1. The molecule has 6 nitrogen and oxygen atoms in total. The molecular weight excluding hydrogens is 499 g/mol. The molecular formula is C28H20Cl2N2O4. The number of imide groups is 1. The van der Waals surface area contributed by atoms with Crippen LogP contribution in [0.1, 0.15) is 11.1 Å². The first kappa shape index (κ1) is 23.7. The number of rotatable bonds is 6. The molecule has 1 saturated heterocycles. The van der Waals surface area contributed by atoms with E-state index in [2.05, 4.69) is 5.32 Å². The maximum atomic E-state index is 12.9. The zero-order chi connectivity index (χ0) is 25.2. The van der Waals surface area contributed by atoms with Crippen molar-refractivity contribution in [2.75, 3.05) is 12.0 Å². The predicted molar refractivity (Wildman–Crippen MR) is 142 cm³/mol. The van der Waals surface area contributed by atoms with Gasteiger partial charge in [0.15, 0.2) is 11.5 Å². The molecule has 1 aliphatic heterocycles. The van der Waals surface area contributed by atoms with E-state index in [9.17, 15) is 9.59 Å². The van der Waals surface area contributed by atoms with Gasteiger partial charge in [0.05, 0.1) is 17.8 Å². The standard InChI is InChI=1S/C28H20Cl2N2O4/c1-35-25-14-17(13-24-27(33)32(28(34)31-24)21-10-5-9-20(29)15-21)12-23(30)26(25)36-16-19-8-4-7-18-6-2-3-11-22(18)19/h2-15H,16H2,1H3,(H,31,34)/b24-13+. The highest BCUT2D eigenvalue weighted by Gasteiger charge is 2.35. The summed E-state index contributed by atoms with van der Waals surface area (Å²) in [5, 5.41) is 5.54. The van der Waals surface area contributed by atoms with Crippen LogP contribution in [0.15, 0.2) is 84.6 Å². The van der Waals surface area contributed by atoms with Gasteiger partial charge in [-0.25, -0.2) is 9.69 Å². The summed E-state index contributed by atoms with van der Waals surface area (Å²) in [6.07, 6.45) is 1.54. The van der Waals surface area contributed by atoms with E-state index in [0.717, 1.165) is 21.2 Å². The Bertz CT molecular complexity index is 1530. The molecule has 3 amide bonds. The smallest absolute Gasteiger partial charge is 0.333 e. The maximum absolute atomic E-state index is 12.9. The number of halogens is 2. The summed E-state index contributed by atoms with van der Waals surface area (Å²) >= 11 is 12.6. The fourth-order valence-corrected chi connectivity index (χ4v) is 4.54. The zero-order valence-electron chi connectivity index (χ0n) is 19.1. The third-order valence-corrected chi connectivity index (χ3v) is 6.28. The Hall–Kier alpha value is -4.00. The highest BCUT2D eigenvalue weighted by atomic mass is 35.5. The molecule has 0 unspecified atom stereocenters. The molecule has 5 rings (SSSR count). The van der Waals surface area contributed by atoms with Crippen molar-refractivity contribution in [3.8, 4) is 11.5 Å². The van der Waals surface area contributed by atoms with Crippen LogP contribution in [0.25, 0.3) is 16.8 Å². The Morgan fingerprint density at radius 3 is 2.53 bits per heavy atom. The summed E-state index contributed by atoms with van der Waals surface area (Å²) in [5.74, 6) is 0.281. The summed E-state index contributed by atoms with van der Waals surface area (Å²) in [5.41, 5.74) is 2.05. The van der Waals surface area contributed by atoms with Crippen LogP contribution in [0.5, 0.6) is 11.5 Å². The molecule has 0 bridgehead atoms. The van der Waals surface area contributed by atoms with Crippen molar-refractivity contribution >= 4 is 57.7 Å². The molecule has 0 saturated carbocycles. The first-order valence-electron chi connectivity index (χ1n) is 11.0. The minimum absolute atomic E-state index is 0.0996. The van der Waals surface area contributed by atoms with Crippen LogP contribution in [0.4, 0.5) is 10.5 Å². The SMILES string of the molecule is COc1cc(/C=C2/NC(=O)N(c3cccc(Cl)c3)C2=O)cc(Cl)c1OCc1cccc2ccccc12. The van der Waals surface area contributed by atoms with Crippen LogP contribution in [0.3, 0.4) is 0 Å². The van der Waals surface area contributed by atoms with E-state index in [1.165, 1.54) is 13.2 Å². The van der Waals surface area contributed by atoms with Gasteiger partial charge >= 0.3 is 6.03 Å². The molecule has 36 heavy (non-hydrogen) atoms. The van der Waals surface area contributed by atoms with Crippen LogP contribution < -0.4 is 19.7 Å². The molecule has 0 radical (unpaired) electrons. The third-order valence-electron chi connectivity index (χ3n) is 5.76. The molecule has 4 aromatic rings. The number of carbonyl (C=O) groups is 2. The minimum Gasteiger partial charge on any atom is -0.493 e. The first-order chi connectivity index (χ1) is 17.4. The van der Waals surface area contributed by atoms with E-state index in [1.807, 2.05) is 42.5 Å². The Kier molecular flexibility index (Phi) is 6.55. The molecule has 1 N–H and O–H groups in total. The van der Waals surface area contributed by atoms with Crippen molar-refractivity contribution in [3.05, 3.63) is 106 Å². The van der Waals surface area contributed by atoms with Crippen molar-refractivity contribution in [1.82, 2.24) is 5.32 Å². The van der Waals surface area contributed by atoms with Crippen molar-refractivity contribution < 1.29 is 19.1 Å². The highest BCUT2D eigenvalue weighted by molar-refractivity contribution is 6.33. The van der Waals surface area contributed by atoms with Gasteiger partial charge in [-0.05, 0) is 58.3 Å². The number of urea groups is 1.